The summed E-state index contributed by atoms with van der Waals surface area (Å²) in [6, 6.07) is 11.3. The third kappa shape index (κ3) is 1.63. The molecule has 0 aliphatic heterocycles. The van der Waals surface area contributed by atoms with E-state index in [1.807, 2.05) is 31.2 Å². The molecule has 0 aliphatic rings. The van der Waals surface area contributed by atoms with Gasteiger partial charge in [-0.2, -0.15) is 5.26 Å². The van der Waals surface area contributed by atoms with Crippen molar-refractivity contribution in [2.24, 2.45) is 0 Å². The lowest BCUT2D eigenvalue weighted by atomic mass is 10.2. The van der Waals surface area contributed by atoms with Crippen molar-refractivity contribution in [2.45, 2.75) is 6.92 Å². The molecule has 80 valence electrons. The molecule has 0 aliphatic carbocycles. The summed E-state index contributed by atoms with van der Waals surface area (Å²) in [5.74, 6) is 0.547. The zero-order chi connectivity index (χ0) is 11.5. The van der Waals surface area contributed by atoms with E-state index < -0.39 is 0 Å². The molecule has 2 rings (SSSR count). The van der Waals surface area contributed by atoms with Crippen molar-refractivity contribution in [3.05, 3.63) is 41.6 Å². The second-order valence-electron chi connectivity index (χ2n) is 3.37. The van der Waals surface area contributed by atoms with E-state index in [9.17, 15) is 0 Å². The lowest BCUT2D eigenvalue weighted by Crippen LogP contribution is -2.01. The molecule has 1 heterocycles. The molecule has 0 saturated heterocycles. The fraction of sp³-hybridized carbons (Fsp3) is 0.167. The molecular weight excluding hydrogens is 202 g/mol. The van der Waals surface area contributed by atoms with Gasteiger partial charge in [0.2, 0.25) is 5.88 Å². The number of aromatic nitrogens is 2. The van der Waals surface area contributed by atoms with Crippen molar-refractivity contribution in [2.75, 3.05) is 7.11 Å². The molecule has 0 spiro atoms. The molecule has 0 N–H and O–H groups in total. The van der Waals surface area contributed by atoms with E-state index in [4.69, 9.17) is 10.00 Å². The molecule has 1 aromatic carbocycles. The first-order chi connectivity index (χ1) is 7.76. The van der Waals surface area contributed by atoms with E-state index in [2.05, 4.69) is 11.2 Å². The molecule has 4 nitrogen and oxygen atoms in total. The predicted octanol–water partition coefficient (Wildman–Crippen LogP) is 2.06. The van der Waals surface area contributed by atoms with E-state index >= 15 is 0 Å². The fourth-order valence-electron chi connectivity index (χ4n) is 1.54. The molecule has 0 saturated carbocycles. The van der Waals surface area contributed by atoms with E-state index in [1.54, 1.807) is 17.9 Å². The van der Waals surface area contributed by atoms with Crippen LogP contribution < -0.4 is 4.74 Å². The zero-order valence-electron chi connectivity index (χ0n) is 9.14. The average Bonchev–Trinajstić information content (AvgIpc) is 2.70. The Morgan fingerprint density at radius 3 is 2.75 bits per heavy atom. The second-order valence-corrected chi connectivity index (χ2v) is 3.37. The highest BCUT2D eigenvalue weighted by atomic mass is 16.5. The van der Waals surface area contributed by atoms with Gasteiger partial charge in [0.25, 0.3) is 0 Å². The van der Waals surface area contributed by atoms with Gasteiger partial charge in [0.1, 0.15) is 6.07 Å². The van der Waals surface area contributed by atoms with Crippen LogP contribution in [-0.4, -0.2) is 16.9 Å². The third-order valence-electron chi connectivity index (χ3n) is 2.33. The molecule has 1 aromatic heterocycles. The molecule has 0 bridgehead atoms. The summed E-state index contributed by atoms with van der Waals surface area (Å²) >= 11 is 0. The summed E-state index contributed by atoms with van der Waals surface area (Å²) in [6.45, 7) is 1.92. The topological polar surface area (TPSA) is 50.8 Å². The van der Waals surface area contributed by atoms with E-state index in [0.717, 1.165) is 11.4 Å². The van der Waals surface area contributed by atoms with Gasteiger partial charge in [-0.05, 0) is 19.1 Å². The summed E-state index contributed by atoms with van der Waals surface area (Å²) in [5, 5.41) is 13.3. The summed E-state index contributed by atoms with van der Waals surface area (Å²) in [6.07, 6.45) is 0. The Labute approximate surface area is 93.7 Å². The summed E-state index contributed by atoms with van der Waals surface area (Å²) in [5.41, 5.74) is 2.29. The fourth-order valence-corrected chi connectivity index (χ4v) is 1.54. The van der Waals surface area contributed by atoms with Crippen molar-refractivity contribution in [1.29, 1.82) is 5.26 Å². The number of hydrogen-bond donors (Lipinski definition) is 0. The van der Waals surface area contributed by atoms with Gasteiger partial charge in [-0.1, -0.05) is 12.1 Å². The van der Waals surface area contributed by atoms with Gasteiger partial charge in [-0.15, -0.1) is 5.10 Å². The van der Waals surface area contributed by atoms with Crippen molar-refractivity contribution < 1.29 is 4.74 Å². The first kappa shape index (κ1) is 10.2. The number of rotatable bonds is 2. The molecule has 0 atom stereocenters. The maximum atomic E-state index is 9.01. The second kappa shape index (κ2) is 4.07. The average molecular weight is 213 g/mol. The summed E-state index contributed by atoms with van der Waals surface area (Å²) < 4.78 is 6.76. The van der Waals surface area contributed by atoms with E-state index in [-0.39, 0.29) is 0 Å². The third-order valence-corrected chi connectivity index (χ3v) is 2.33. The van der Waals surface area contributed by atoms with Gasteiger partial charge in [-0.25, -0.2) is 4.68 Å². The smallest absolute Gasteiger partial charge is 0.233 e. The highest BCUT2D eigenvalue weighted by Crippen LogP contribution is 2.18. The zero-order valence-corrected chi connectivity index (χ0v) is 9.14. The van der Waals surface area contributed by atoms with Gasteiger partial charge in [0.15, 0.2) is 0 Å². The van der Waals surface area contributed by atoms with Crippen LogP contribution in [0.5, 0.6) is 5.88 Å². The number of ether oxygens (including phenoxy) is 1. The number of nitrogens with zero attached hydrogens (tertiary/aromatic N) is 3. The van der Waals surface area contributed by atoms with Crippen molar-refractivity contribution >= 4 is 0 Å². The van der Waals surface area contributed by atoms with Crippen molar-refractivity contribution in [3.8, 4) is 17.6 Å². The number of methoxy groups -OCH3 is 1. The lowest BCUT2D eigenvalue weighted by Gasteiger charge is -2.05. The number of nitriles is 1. The number of hydrogen-bond acceptors (Lipinski definition) is 3. The van der Waals surface area contributed by atoms with Crippen molar-refractivity contribution in [1.82, 2.24) is 9.78 Å². The van der Waals surface area contributed by atoms with Crippen LogP contribution in [0.3, 0.4) is 0 Å². The minimum atomic E-state index is 0.547. The molecular formula is C12H11N3O. The number of aryl methyl sites for hydroxylation is 1. The highest BCUT2D eigenvalue weighted by molar-refractivity contribution is 5.49. The van der Waals surface area contributed by atoms with Crippen LogP contribution >= 0.6 is 0 Å². The monoisotopic (exact) mass is 213 g/mol. The minimum Gasteiger partial charge on any atom is -0.480 e. The normalized spacial score (nSPS) is 9.81. The predicted molar refractivity (Wildman–Crippen MR) is 59.6 cm³/mol. The van der Waals surface area contributed by atoms with Crippen LogP contribution in [0.2, 0.25) is 0 Å². The minimum absolute atomic E-state index is 0.547. The van der Waals surface area contributed by atoms with Gasteiger partial charge in [0, 0.05) is 11.8 Å². The van der Waals surface area contributed by atoms with Crippen LogP contribution in [0.4, 0.5) is 0 Å². The van der Waals surface area contributed by atoms with E-state index in [1.165, 1.54) is 0 Å². The first-order valence-electron chi connectivity index (χ1n) is 4.86. The molecule has 2 aromatic rings. The van der Waals surface area contributed by atoms with Gasteiger partial charge >= 0.3 is 0 Å². The number of para-hydroxylation sites is 1. The summed E-state index contributed by atoms with van der Waals surface area (Å²) in [7, 11) is 1.57. The Morgan fingerprint density at radius 2 is 2.12 bits per heavy atom. The highest BCUT2D eigenvalue weighted by Gasteiger charge is 2.09. The summed E-state index contributed by atoms with van der Waals surface area (Å²) in [4.78, 5) is 0. The SMILES string of the molecule is COc1cc(C)n(-c2ccccc2C#N)n1. The quantitative estimate of drug-likeness (QED) is 0.767. The molecule has 16 heavy (non-hydrogen) atoms. The lowest BCUT2D eigenvalue weighted by molar-refractivity contribution is 0.394. The standard InChI is InChI=1S/C12H11N3O/c1-9-7-12(16-2)14-15(9)11-6-4-3-5-10(11)8-13/h3-7H,1-2H3. The molecule has 4 heteroatoms. The molecule has 0 fully saturated rings. The Kier molecular flexibility index (Phi) is 2.61. The molecule has 0 radical (unpaired) electrons. The first-order valence-corrected chi connectivity index (χ1v) is 4.86. The largest absolute Gasteiger partial charge is 0.480 e. The van der Waals surface area contributed by atoms with Crippen LogP contribution in [-0.2, 0) is 0 Å². The maximum absolute atomic E-state index is 9.01. The Morgan fingerprint density at radius 1 is 1.38 bits per heavy atom. The maximum Gasteiger partial charge on any atom is 0.233 e. The molecule has 0 amide bonds. The van der Waals surface area contributed by atoms with Gasteiger partial charge < -0.3 is 4.74 Å². The van der Waals surface area contributed by atoms with Crippen LogP contribution in [0, 0.1) is 18.3 Å². The molecule has 0 unspecified atom stereocenters. The Hall–Kier alpha value is -2.28. The van der Waals surface area contributed by atoms with Crippen molar-refractivity contribution in [3.63, 3.8) is 0 Å². The Bertz CT molecular complexity index is 552. The number of benzene rings is 1. The van der Waals surface area contributed by atoms with Crippen LogP contribution in [0.15, 0.2) is 30.3 Å². The Balaban J connectivity index is 2.59. The van der Waals surface area contributed by atoms with E-state index in [0.29, 0.717) is 11.4 Å². The van der Waals surface area contributed by atoms with Crippen LogP contribution in [0.1, 0.15) is 11.3 Å². The van der Waals surface area contributed by atoms with Gasteiger partial charge in [-0.3, -0.25) is 0 Å². The van der Waals surface area contributed by atoms with Gasteiger partial charge in [0.05, 0.1) is 18.4 Å². The van der Waals surface area contributed by atoms with Crippen LogP contribution in [0.25, 0.3) is 5.69 Å².